The van der Waals surface area contributed by atoms with Gasteiger partial charge in [-0.3, -0.25) is 9.59 Å². The van der Waals surface area contributed by atoms with E-state index in [-0.39, 0.29) is 18.4 Å². The van der Waals surface area contributed by atoms with Crippen LogP contribution in [-0.4, -0.2) is 32.1 Å². The van der Waals surface area contributed by atoms with E-state index in [1.54, 1.807) is 30.2 Å². The van der Waals surface area contributed by atoms with Gasteiger partial charge in [-0.2, -0.15) is 0 Å². The number of methoxy groups -OCH3 is 1. The first-order chi connectivity index (χ1) is 13.9. The number of ether oxygens (including phenoxy) is 2. The van der Waals surface area contributed by atoms with E-state index in [1.165, 1.54) is 5.56 Å². The van der Waals surface area contributed by atoms with Crippen LogP contribution in [0.2, 0.25) is 0 Å². The highest BCUT2D eigenvalue weighted by molar-refractivity contribution is 5.98. The number of rotatable bonds is 7. The van der Waals surface area contributed by atoms with E-state index in [0.717, 1.165) is 17.7 Å². The molecule has 0 radical (unpaired) electrons. The molecule has 1 heterocycles. The highest BCUT2D eigenvalue weighted by Gasteiger charge is 2.24. The average molecular weight is 396 g/mol. The molecule has 0 bridgehead atoms. The fraction of sp³-hybridized carbons (Fsp3) is 0.391. The van der Waals surface area contributed by atoms with Crippen molar-refractivity contribution < 1.29 is 19.1 Å². The molecule has 1 N–H and O–H groups in total. The van der Waals surface area contributed by atoms with Gasteiger partial charge in [-0.05, 0) is 54.7 Å². The van der Waals surface area contributed by atoms with Gasteiger partial charge in [0.25, 0.3) is 5.91 Å². The maximum atomic E-state index is 12.3. The van der Waals surface area contributed by atoms with Gasteiger partial charge in [-0.1, -0.05) is 19.9 Å². The molecule has 6 nitrogen and oxygen atoms in total. The molecule has 0 aliphatic carbocycles. The summed E-state index contributed by atoms with van der Waals surface area (Å²) in [5, 5.41) is 2.81. The Labute approximate surface area is 171 Å². The number of amides is 2. The number of nitrogens with one attached hydrogen (secondary N) is 1. The molecule has 1 saturated heterocycles. The highest BCUT2D eigenvalue weighted by Crippen LogP contribution is 2.33. The molecule has 0 saturated carbocycles. The Bertz CT molecular complexity index is 908. The van der Waals surface area contributed by atoms with Crippen LogP contribution >= 0.6 is 0 Å². The van der Waals surface area contributed by atoms with Crippen LogP contribution in [0, 0.1) is 6.92 Å². The predicted molar refractivity (Wildman–Crippen MR) is 114 cm³/mol. The first kappa shape index (κ1) is 20.7. The number of anilines is 2. The van der Waals surface area contributed by atoms with Gasteiger partial charge in [0.15, 0.2) is 6.61 Å². The highest BCUT2D eigenvalue weighted by atomic mass is 16.5. The first-order valence-electron chi connectivity index (χ1n) is 9.90. The van der Waals surface area contributed by atoms with E-state index in [9.17, 15) is 9.59 Å². The van der Waals surface area contributed by atoms with Crippen molar-refractivity contribution in [3.05, 3.63) is 47.5 Å². The molecule has 154 valence electrons. The zero-order valence-electron chi connectivity index (χ0n) is 17.5. The van der Waals surface area contributed by atoms with Crippen molar-refractivity contribution in [1.29, 1.82) is 0 Å². The number of hydrogen-bond acceptors (Lipinski definition) is 4. The van der Waals surface area contributed by atoms with Crippen LogP contribution in [0.15, 0.2) is 36.4 Å². The Morgan fingerprint density at radius 2 is 2.00 bits per heavy atom. The molecule has 6 heteroatoms. The van der Waals surface area contributed by atoms with Crippen LogP contribution in [0.5, 0.6) is 11.5 Å². The SMILES string of the molecule is COc1cc(NC(=O)COc2ccc(C(C)C)c(C)c2)ccc1N1CCCC1=O. The number of nitrogens with zero attached hydrogens (tertiary/aromatic N) is 1. The van der Waals surface area contributed by atoms with Crippen LogP contribution in [0.1, 0.15) is 43.7 Å². The predicted octanol–water partition coefficient (Wildman–Crippen LogP) is 4.27. The third-order valence-electron chi connectivity index (χ3n) is 5.06. The van der Waals surface area contributed by atoms with Crippen LogP contribution in [0.3, 0.4) is 0 Å². The summed E-state index contributed by atoms with van der Waals surface area (Å²) in [4.78, 5) is 26.0. The van der Waals surface area contributed by atoms with E-state index >= 15 is 0 Å². The van der Waals surface area contributed by atoms with Crippen molar-refractivity contribution in [3.8, 4) is 11.5 Å². The zero-order valence-corrected chi connectivity index (χ0v) is 17.5. The van der Waals surface area contributed by atoms with E-state index < -0.39 is 0 Å². The molecule has 0 unspecified atom stereocenters. The first-order valence-corrected chi connectivity index (χ1v) is 9.90. The summed E-state index contributed by atoms with van der Waals surface area (Å²) < 4.78 is 11.1. The maximum Gasteiger partial charge on any atom is 0.262 e. The minimum atomic E-state index is -0.261. The largest absolute Gasteiger partial charge is 0.494 e. The van der Waals surface area contributed by atoms with E-state index in [2.05, 4.69) is 19.2 Å². The molecule has 0 atom stereocenters. The molecule has 1 aliphatic rings. The molecule has 2 aromatic rings. The Balaban J connectivity index is 1.62. The smallest absolute Gasteiger partial charge is 0.262 e. The van der Waals surface area contributed by atoms with Gasteiger partial charge >= 0.3 is 0 Å². The summed E-state index contributed by atoms with van der Waals surface area (Å²) in [6.07, 6.45) is 1.39. The molecular formula is C23H28N2O4. The van der Waals surface area contributed by atoms with Crippen LogP contribution in [-0.2, 0) is 9.59 Å². The number of benzene rings is 2. The van der Waals surface area contributed by atoms with Gasteiger partial charge in [0.1, 0.15) is 11.5 Å². The minimum absolute atomic E-state index is 0.0882. The van der Waals surface area contributed by atoms with Crippen molar-refractivity contribution in [2.24, 2.45) is 0 Å². The summed E-state index contributed by atoms with van der Waals surface area (Å²) >= 11 is 0. The van der Waals surface area contributed by atoms with E-state index in [1.807, 2.05) is 25.1 Å². The van der Waals surface area contributed by atoms with Gasteiger partial charge in [-0.25, -0.2) is 0 Å². The summed E-state index contributed by atoms with van der Waals surface area (Å²) in [5.74, 6) is 1.50. The molecule has 0 aromatic heterocycles. The summed E-state index contributed by atoms with van der Waals surface area (Å²) in [6, 6.07) is 11.2. The third kappa shape index (κ3) is 4.88. The Hall–Kier alpha value is -3.02. The average Bonchev–Trinajstić information content (AvgIpc) is 3.11. The normalized spacial score (nSPS) is 13.7. The van der Waals surface area contributed by atoms with Crippen LogP contribution in [0.25, 0.3) is 0 Å². The Morgan fingerprint density at radius 3 is 2.62 bits per heavy atom. The second-order valence-electron chi connectivity index (χ2n) is 7.55. The van der Waals surface area contributed by atoms with Crippen molar-refractivity contribution in [2.75, 3.05) is 30.5 Å². The second kappa shape index (κ2) is 8.99. The molecule has 29 heavy (non-hydrogen) atoms. The van der Waals surface area contributed by atoms with Crippen LogP contribution in [0.4, 0.5) is 11.4 Å². The summed E-state index contributed by atoms with van der Waals surface area (Å²) in [5.41, 5.74) is 3.74. The zero-order chi connectivity index (χ0) is 21.0. The standard InChI is InChI=1S/C23H28N2O4/c1-15(2)19-9-8-18(12-16(19)3)29-14-22(26)24-17-7-10-20(21(13-17)28-4)25-11-5-6-23(25)27/h7-10,12-13,15H,5-6,11,14H2,1-4H3,(H,24,26). The minimum Gasteiger partial charge on any atom is -0.494 e. The lowest BCUT2D eigenvalue weighted by atomic mass is 9.98. The molecule has 2 aromatic carbocycles. The number of carbonyl (C=O) groups is 2. The second-order valence-corrected chi connectivity index (χ2v) is 7.55. The summed E-state index contributed by atoms with van der Waals surface area (Å²) in [7, 11) is 1.55. The summed E-state index contributed by atoms with van der Waals surface area (Å²) in [6.45, 7) is 6.94. The monoisotopic (exact) mass is 396 g/mol. The molecule has 0 spiro atoms. The van der Waals surface area contributed by atoms with E-state index in [4.69, 9.17) is 9.47 Å². The van der Waals surface area contributed by atoms with Gasteiger partial charge in [-0.15, -0.1) is 0 Å². The number of aryl methyl sites for hydroxylation is 1. The van der Waals surface area contributed by atoms with Gasteiger partial charge in [0.2, 0.25) is 5.91 Å². The number of carbonyl (C=O) groups excluding carboxylic acids is 2. The van der Waals surface area contributed by atoms with Crippen LogP contribution < -0.4 is 19.7 Å². The van der Waals surface area contributed by atoms with Crippen molar-refractivity contribution in [2.45, 2.75) is 39.5 Å². The van der Waals surface area contributed by atoms with Crippen molar-refractivity contribution in [3.63, 3.8) is 0 Å². The van der Waals surface area contributed by atoms with Gasteiger partial charge < -0.3 is 19.7 Å². The molecule has 1 aliphatic heterocycles. The molecule has 3 rings (SSSR count). The van der Waals surface area contributed by atoms with Gasteiger partial charge in [0, 0.05) is 24.7 Å². The number of hydrogen-bond donors (Lipinski definition) is 1. The Morgan fingerprint density at radius 1 is 1.21 bits per heavy atom. The quantitative estimate of drug-likeness (QED) is 0.759. The fourth-order valence-electron chi connectivity index (χ4n) is 3.61. The van der Waals surface area contributed by atoms with Crippen molar-refractivity contribution >= 4 is 23.2 Å². The maximum absolute atomic E-state index is 12.3. The third-order valence-corrected chi connectivity index (χ3v) is 5.06. The lowest BCUT2D eigenvalue weighted by Gasteiger charge is -2.19. The lowest BCUT2D eigenvalue weighted by molar-refractivity contribution is -0.118. The fourth-order valence-corrected chi connectivity index (χ4v) is 3.61. The topological polar surface area (TPSA) is 67.9 Å². The lowest BCUT2D eigenvalue weighted by Crippen LogP contribution is -2.24. The Kier molecular flexibility index (Phi) is 6.42. The molecular weight excluding hydrogens is 368 g/mol. The molecule has 1 fully saturated rings. The molecule has 2 amide bonds. The van der Waals surface area contributed by atoms with Crippen molar-refractivity contribution in [1.82, 2.24) is 0 Å². The van der Waals surface area contributed by atoms with Gasteiger partial charge in [0.05, 0.1) is 12.8 Å². The van der Waals surface area contributed by atoms with E-state index in [0.29, 0.717) is 36.1 Å².